The van der Waals surface area contributed by atoms with Gasteiger partial charge in [-0.15, -0.1) is 34.2 Å². The van der Waals surface area contributed by atoms with Crippen LogP contribution in [0.1, 0.15) is 37.0 Å². The topological polar surface area (TPSA) is 76.8 Å². The summed E-state index contributed by atoms with van der Waals surface area (Å²) in [4.78, 5) is 6.85. The summed E-state index contributed by atoms with van der Waals surface area (Å²) in [7, 11) is 7.29. The molecule has 1 aromatic carbocycles. The molecule has 0 unspecified atom stereocenters. The van der Waals surface area contributed by atoms with Crippen LogP contribution < -0.4 is 14.8 Å². The molecule has 0 fully saturated rings. The molecule has 0 bridgehead atoms. The maximum atomic E-state index is 5.53. The Hall–Kier alpha value is -2.04. The highest BCUT2D eigenvalue weighted by Gasteiger charge is 2.12. The minimum absolute atomic E-state index is 0. The smallest absolute Gasteiger partial charge is 0.194 e. The Morgan fingerprint density at radius 1 is 1.24 bits per heavy atom. The Balaban J connectivity index is 0.00000420. The van der Waals surface area contributed by atoms with E-state index in [1.54, 1.807) is 14.2 Å². The van der Waals surface area contributed by atoms with Crippen molar-refractivity contribution in [1.29, 1.82) is 0 Å². The minimum Gasteiger partial charge on any atom is -0.497 e. The number of rotatable bonds is 9. The summed E-state index contributed by atoms with van der Waals surface area (Å²) in [5.41, 5.74) is 1.06. The summed E-state index contributed by atoms with van der Waals surface area (Å²) in [5, 5.41) is 11.8. The minimum atomic E-state index is 0. The largest absolute Gasteiger partial charge is 0.497 e. The monoisotopic (exact) mass is 516 g/mol. The third-order valence-electron chi connectivity index (χ3n) is 4.63. The quantitative estimate of drug-likeness (QED) is 0.239. The van der Waals surface area contributed by atoms with E-state index in [-0.39, 0.29) is 24.0 Å². The first-order chi connectivity index (χ1) is 13.5. The zero-order valence-corrected chi connectivity index (χ0v) is 20.6. The number of nitrogens with zero attached hydrogens (tertiary/aromatic N) is 5. The first kappa shape index (κ1) is 25.0. The Labute approximate surface area is 190 Å². The average molecular weight is 516 g/mol. The maximum Gasteiger partial charge on any atom is 0.194 e. The van der Waals surface area contributed by atoms with Crippen molar-refractivity contribution in [2.75, 3.05) is 27.8 Å². The van der Waals surface area contributed by atoms with Gasteiger partial charge in [-0.3, -0.25) is 0 Å². The van der Waals surface area contributed by atoms with Gasteiger partial charge in [-0.1, -0.05) is 13.3 Å². The van der Waals surface area contributed by atoms with E-state index < -0.39 is 0 Å². The summed E-state index contributed by atoms with van der Waals surface area (Å²) < 4.78 is 12.8. The Morgan fingerprint density at radius 2 is 2.00 bits per heavy atom. The number of aryl methyl sites for hydroxylation is 1. The molecule has 0 radical (unpaired) electrons. The van der Waals surface area contributed by atoms with Crippen molar-refractivity contribution in [3.05, 3.63) is 35.4 Å². The van der Waals surface area contributed by atoms with Gasteiger partial charge < -0.3 is 24.3 Å². The zero-order valence-electron chi connectivity index (χ0n) is 18.2. The maximum absolute atomic E-state index is 5.53. The van der Waals surface area contributed by atoms with Gasteiger partial charge in [0.2, 0.25) is 0 Å². The van der Waals surface area contributed by atoms with Gasteiger partial charge >= 0.3 is 0 Å². The lowest BCUT2D eigenvalue weighted by Crippen LogP contribution is -2.39. The Morgan fingerprint density at radius 3 is 2.59 bits per heavy atom. The van der Waals surface area contributed by atoms with Crippen molar-refractivity contribution in [3.63, 3.8) is 0 Å². The summed E-state index contributed by atoms with van der Waals surface area (Å²) in [6.07, 6.45) is 2.21. The normalized spacial score (nSPS) is 11.0. The third-order valence-corrected chi connectivity index (χ3v) is 4.63. The van der Waals surface area contributed by atoms with E-state index in [1.165, 1.54) is 0 Å². The second-order valence-electron chi connectivity index (χ2n) is 6.68. The number of guanidine groups is 1. The second-order valence-corrected chi connectivity index (χ2v) is 6.68. The fraction of sp³-hybridized carbons (Fsp3) is 0.550. The fourth-order valence-corrected chi connectivity index (χ4v) is 2.74. The lowest BCUT2D eigenvalue weighted by Gasteiger charge is -2.23. The van der Waals surface area contributed by atoms with Crippen LogP contribution >= 0.6 is 24.0 Å². The molecule has 0 spiro atoms. The van der Waals surface area contributed by atoms with Gasteiger partial charge in [0.15, 0.2) is 11.8 Å². The molecule has 29 heavy (non-hydrogen) atoms. The van der Waals surface area contributed by atoms with E-state index in [1.807, 2.05) is 43.8 Å². The van der Waals surface area contributed by atoms with Crippen LogP contribution in [0.5, 0.6) is 11.5 Å². The molecule has 0 aliphatic carbocycles. The van der Waals surface area contributed by atoms with E-state index >= 15 is 0 Å². The number of hydrogen-bond donors (Lipinski definition) is 1. The first-order valence-electron chi connectivity index (χ1n) is 9.55. The van der Waals surface area contributed by atoms with Crippen molar-refractivity contribution in [2.24, 2.45) is 12.0 Å². The molecule has 1 N–H and O–H groups in total. The van der Waals surface area contributed by atoms with Gasteiger partial charge in [-0.25, -0.2) is 4.99 Å². The van der Waals surface area contributed by atoms with Crippen LogP contribution in [-0.4, -0.2) is 53.4 Å². The van der Waals surface area contributed by atoms with Crippen LogP contribution in [0.3, 0.4) is 0 Å². The Kier molecular flexibility index (Phi) is 10.8. The van der Waals surface area contributed by atoms with Gasteiger partial charge in [0.25, 0.3) is 0 Å². The molecule has 0 saturated carbocycles. The third kappa shape index (κ3) is 7.06. The number of halogens is 1. The lowest BCUT2D eigenvalue weighted by molar-refractivity contribution is 0.382. The Bertz CT molecular complexity index is 793. The molecule has 0 aliphatic rings. The number of aliphatic imine (C=N–C) groups is 1. The van der Waals surface area contributed by atoms with E-state index in [4.69, 9.17) is 14.5 Å². The number of hydrogen-bond acceptors (Lipinski definition) is 5. The first-order valence-corrected chi connectivity index (χ1v) is 9.55. The van der Waals surface area contributed by atoms with Gasteiger partial charge in [-0.05, 0) is 25.5 Å². The van der Waals surface area contributed by atoms with Gasteiger partial charge in [-0.2, -0.15) is 0 Å². The zero-order chi connectivity index (χ0) is 20.5. The van der Waals surface area contributed by atoms with Gasteiger partial charge in [0.1, 0.15) is 23.9 Å². The number of unbranched alkanes of at least 4 members (excludes halogenated alkanes) is 1. The molecule has 1 heterocycles. The van der Waals surface area contributed by atoms with Crippen molar-refractivity contribution in [1.82, 2.24) is 25.0 Å². The predicted molar refractivity (Wildman–Crippen MR) is 126 cm³/mol. The summed E-state index contributed by atoms with van der Waals surface area (Å²) in [6, 6.07) is 5.85. The van der Waals surface area contributed by atoms with E-state index in [0.717, 1.165) is 54.1 Å². The second kappa shape index (κ2) is 12.5. The van der Waals surface area contributed by atoms with Crippen LogP contribution in [0.4, 0.5) is 0 Å². The molecule has 0 saturated heterocycles. The fourth-order valence-electron chi connectivity index (χ4n) is 2.74. The van der Waals surface area contributed by atoms with Gasteiger partial charge in [0, 0.05) is 38.8 Å². The highest BCUT2D eigenvalue weighted by Crippen LogP contribution is 2.25. The van der Waals surface area contributed by atoms with Crippen LogP contribution in [0.15, 0.2) is 23.2 Å². The van der Waals surface area contributed by atoms with Crippen LogP contribution in [0, 0.1) is 6.92 Å². The number of benzene rings is 1. The molecule has 2 aromatic rings. The molecule has 0 atom stereocenters. The average Bonchev–Trinajstić information content (AvgIpc) is 3.02. The SMILES string of the molecule is CCCCNC(=NCc1nnc(C)n1C)N(C)Cc1ccc(OC)cc1OC.I. The molecule has 8 nitrogen and oxygen atoms in total. The van der Waals surface area contributed by atoms with Crippen molar-refractivity contribution >= 4 is 29.9 Å². The summed E-state index contributed by atoms with van der Waals surface area (Å²) >= 11 is 0. The number of nitrogens with one attached hydrogen (secondary N) is 1. The van der Waals surface area contributed by atoms with Crippen LogP contribution in [0.25, 0.3) is 0 Å². The van der Waals surface area contributed by atoms with Crippen molar-refractivity contribution < 1.29 is 9.47 Å². The molecule has 9 heteroatoms. The molecule has 0 aliphatic heterocycles. The number of ether oxygens (including phenoxy) is 2. The summed E-state index contributed by atoms with van der Waals surface area (Å²) in [5.74, 6) is 4.11. The van der Waals surface area contributed by atoms with E-state index in [9.17, 15) is 0 Å². The van der Waals surface area contributed by atoms with Crippen molar-refractivity contribution in [3.8, 4) is 11.5 Å². The highest BCUT2D eigenvalue weighted by molar-refractivity contribution is 14.0. The number of aromatic nitrogens is 3. The van der Waals surface area contributed by atoms with Gasteiger partial charge in [0.05, 0.1) is 14.2 Å². The highest BCUT2D eigenvalue weighted by atomic mass is 127. The predicted octanol–water partition coefficient (Wildman–Crippen LogP) is 3.14. The molecule has 1 aromatic heterocycles. The summed E-state index contributed by atoms with van der Waals surface area (Å²) in [6.45, 7) is 6.10. The van der Waals surface area contributed by atoms with Crippen molar-refractivity contribution in [2.45, 2.75) is 39.8 Å². The molecule has 162 valence electrons. The molecular formula is C20H33IN6O2. The molecule has 2 rings (SSSR count). The lowest BCUT2D eigenvalue weighted by atomic mass is 10.2. The van der Waals surface area contributed by atoms with Crippen LogP contribution in [0.2, 0.25) is 0 Å². The standard InChI is InChI=1S/C20H32N6O2.HI/c1-7-8-11-21-20(22-13-19-24-23-15(2)26(19)4)25(3)14-16-9-10-17(27-5)12-18(16)28-6;/h9-10,12H,7-8,11,13-14H2,1-6H3,(H,21,22);1H. The van der Waals surface area contributed by atoms with E-state index in [0.29, 0.717) is 13.1 Å². The van der Waals surface area contributed by atoms with Crippen LogP contribution in [-0.2, 0) is 20.1 Å². The van der Waals surface area contributed by atoms with E-state index in [2.05, 4.69) is 27.3 Å². The molecule has 0 amide bonds. The number of methoxy groups -OCH3 is 2. The molecular weight excluding hydrogens is 483 g/mol.